The molecule has 0 unspecified atom stereocenters. The lowest BCUT2D eigenvalue weighted by molar-refractivity contribution is 0.121. The number of halogens is 1. The fourth-order valence-corrected chi connectivity index (χ4v) is 2.73. The molecule has 5 heteroatoms. The van der Waals surface area contributed by atoms with E-state index in [0.29, 0.717) is 24.8 Å². The molecule has 0 aromatic heterocycles. The molecule has 0 fully saturated rings. The summed E-state index contributed by atoms with van der Waals surface area (Å²) in [5.41, 5.74) is 3.09. The van der Waals surface area contributed by atoms with E-state index in [9.17, 15) is 0 Å². The molecule has 0 saturated carbocycles. The van der Waals surface area contributed by atoms with Crippen molar-refractivity contribution in [3.05, 3.63) is 21.7 Å². The number of hydrogen-bond acceptors (Lipinski definition) is 4. The largest absolute Gasteiger partial charge is 0.493 e. The predicted octanol–water partition coefficient (Wildman–Crippen LogP) is 1.60. The lowest BCUT2D eigenvalue weighted by Crippen LogP contribution is -2.04. The van der Waals surface area contributed by atoms with Gasteiger partial charge >= 0.3 is 0 Å². The van der Waals surface area contributed by atoms with Gasteiger partial charge in [-0.25, -0.2) is 5.90 Å². The van der Waals surface area contributed by atoms with Crippen molar-refractivity contribution in [2.45, 2.75) is 19.4 Å². The molecule has 1 aromatic rings. The fourth-order valence-electron chi connectivity index (χ4n) is 2.38. The van der Waals surface area contributed by atoms with Crippen molar-refractivity contribution in [3.8, 4) is 11.5 Å². The molecule has 0 bridgehead atoms. The predicted molar refractivity (Wildman–Crippen MR) is 58.8 cm³/mol. The third-order valence-corrected chi connectivity index (χ3v) is 3.48. The zero-order valence-electron chi connectivity index (χ0n) is 8.72. The molecule has 4 nitrogen and oxygen atoms in total. The first-order valence-corrected chi connectivity index (χ1v) is 5.64. The van der Waals surface area contributed by atoms with E-state index in [1.165, 1.54) is 0 Å². The molecule has 86 valence electrons. The van der Waals surface area contributed by atoms with Crippen LogP contribution in [-0.4, -0.2) is 13.2 Å². The molecule has 16 heavy (non-hydrogen) atoms. The summed E-state index contributed by atoms with van der Waals surface area (Å²) in [6.45, 7) is 1.66. The molecule has 3 rings (SSSR count). The Morgan fingerprint density at radius 3 is 2.56 bits per heavy atom. The average Bonchev–Trinajstić information content (AvgIpc) is 2.92. The van der Waals surface area contributed by atoms with Crippen LogP contribution in [-0.2, 0) is 24.3 Å². The van der Waals surface area contributed by atoms with Gasteiger partial charge in [0.15, 0.2) is 0 Å². The van der Waals surface area contributed by atoms with Gasteiger partial charge in [0.1, 0.15) is 11.5 Å². The molecule has 0 spiro atoms. The topological polar surface area (TPSA) is 53.7 Å². The zero-order valence-corrected chi connectivity index (χ0v) is 9.47. The van der Waals surface area contributed by atoms with Crippen molar-refractivity contribution < 1.29 is 14.3 Å². The van der Waals surface area contributed by atoms with E-state index >= 15 is 0 Å². The van der Waals surface area contributed by atoms with E-state index < -0.39 is 0 Å². The van der Waals surface area contributed by atoms with Crippen molar-refractivity contribution in [1.82, 2.24) is 0 Å². The van der Waals surface area contributed by atoms with Crippen LogP contribution in [0.1, 0.15) is 16.7 Å². The summed E-state index contributed by atoms with van der Waals surface area (Å²) in [6.07, 6.45) is 1.66. The van der Waals surface area contributed by atoms with E-state index in [1.807, 2.05) is 0 Å². The number of hydrogen-bond donors (Lipinski definition) is 1. The van der Waals surface area contributed by atoms with Crippen LogP contribution in [0.25, 0.3) is 0 Å². The van der Waals surface area contributed by atoms with Crippen LogP contribution in [0.2, 0.25) is 5.02 Å². The third-order valence-electron chi connectivity index (χ3n) is 3.08. The lowest BCUT2D eigenvalue weighted by atomic mass is 10.00. The summed E-state index contributed by atoms with van der Waals surface area (Å²) < 4.78 is 11.2. The highest BCUT2D eigenvalue weighted by atomic mass is 35.5. The molecule has 0 radical (unpaired) electrons. The van der Waals surface area contributed by atoms with Gasteiger partial charge in [-0.15, -0.1) is 0 Å². The Kier molecular flexibility index (Phi) is 2.42. The highest BCUT2D eigenvalue weighted by Gasteiger charge is 2.30. The first kappa shape index (κ1) is 10.2. The van der Waals surface area contributed by atoms with Gasteiger partial charge < -0.3 is 9.47 Å². The third kappa shape index (κ3) is 1.30. The maximum atomic E-state index is 6.29. The van der Waals surface area contributed by atoms with Gasteiger partial charge in [0.2, 0.25) is 0 Å². The highest BCUT2D eigenvalue weighted by molar-refractivity contribution is 6.33. The Morgan fingerprint density at radius 2 is 1.81 bits per heavy atom. The molecule has 2 aliphatic rings. The van der Waals surface area contributed by atoms with Crippen LogP contribution in [0.3, 0.4) is 0 Å². The van der Waals surface area contributed by atoms with Crippen molar-refractivity contribution >= 4 is 11.6 Å². The lowest BCUT2D eigenvalue weighted by Gasteiger charge is -2.13. The van der Waals surface area contributed by atoms with Crippen LogP contribution in [0, 0.1) is 0 Å². The number of nitrogens with two attached hydrogens (primary N) is 1. The second-order valence-corrected chi connectivity index (χ2v) is 4.29. The van der Waals surface area contributed by atoms with E-state index in [2.05, 4.69) is 0 Å². The molecule has 0 saturated heterocycles. The summed E-state index contributed by atoms with van der Waals surface area (Å²) in [5, 5.41) is 0.695. The van der Waals surface area contributed by atoms with Crippen LogP contribution < -0.4 is 15.4 Å². The first-order valence-electron chi connectivity index (χ1n) is 5.26. The molecule has 1 aromatic carbocycles. The standard InChI is InChI=1S/C11H12ClNO3/c12-9-7-2-4-14-10(7)8(5-16-13)6-1-3-15-11(6)9/h1-5,13H2. The quantitative estimate of drug-likeness (QED) is 0.800. The molecule has 2 heterocycles. The van der Waals surface area contributed by atoms with Gasteiger partial charge in [0.05, 0.1) is 24.8 Å². The van der Waals surface area contributed by atoms with E-state index in [-0.39, 0.29) is 0 Å². The summed E-state index contributed by atoms with van der Waals surface area (Å²) in [7, 11) is 0. The smallest absolute Gasteiger partial charge is 0.142 e. The van der Waals surface area contributed by atoms with Gasteiger partial charge in [0.25, 0.3) is 0 Å². The van der Waals surface area contributed by atoms with Crippen molar-refractivity contribution in [2.24, 2.45) is 5.90 Å². The average molecular weight is 242 g/mol. The van der Waals surface area contributed by atoms with Crippen LogP contribution >= 0.6 is 11.6 Å². The summed E-state index contributed by atoms with van der Waals surface area (Å²) in [4.78, 5) is 4.74. The van der Waals surface area contributed by atoms with Gasteiger partial charge in [-0.1, -0.05) is 11.6 Å². The van der Waals surface area contributed by atoms with Gasteiger partial charge in [0, 0.05) is 29.5 Å². The number of rotatable bonds is 2. The molecule has 0 amide bonds. The molecule has 2 N–H and O–H groups in total. The van der Waals surface area contributed by atoms with Gasteiger partial charge in [-0.3, -0.25) is 4.84 Å². The maximum Gasteiger partial charge on any atom is 0.142 e. The van der Waals surface area contributed by atoms with Crippen molar-refractivity contribution in [2.75, 3.05) is 13.2 Å². The SMILES string of the molecule is NOCc1c2c(c(Cl)c3c1OCC3)OCC2. The summed E-state index contributed by atoms with van der Waals surface area (Å²) >= 11 is 6.29. The van der Waals surface area contributed by atoms with Gasteiger partial charge in [-0.2, -0.15) is 0 Å². The second kappa shape index (κ2) is 3.80. The Morgan fingerprint density at radius 1 is 1.12 bits per heavy atom. The van der Waals surface area contributed by atoms with Crippen molar-refractivity contribution in [3.63, 3.8) is 0 Å². The molecular weight excluding hydrogens is 230 g/mol. The first-order chi connectivity index (χ1) is 7.83. The van der Waals surface area contributed by atoms with Crippen LogP contribution in [0.15, 0.2) is 0 Å². The van der Waals surface area contributed by atoms with E-state index in [0.717, 1.165) is 41.0 Å². The monoisotopic (exact) mass is 241 g/mol. The van der Waals surface area contributed by atoms with Crippen molar-refractivity contribution in [1.29, 1.82) is 0 Å². The Bertz CT molecular complexity index is 412. The van der Waals surface area contributed by atoms with Gasteiger partial charge in [-0.05, 0) is 0 Å². The van der Waals surface area contributed by atoms with Crippen LogP contribution in [0.5, 0.6) is 11.5 Å². The molecule has 0 aliphatic carbocycles. The maximum absolute atomic E-state index is 6.29. The Balaban J connectivity index is 2.23. The summed E-state index contributed by atoms with van der Waals surface area (Å²) in [5.74, 6) is 6.79. The molecule has 2 aliphatic heterocycles. The Hall–Kier alpha value is -0.970. The van der Waals surface area contributed by atoms with E-state index in [4.69, 9.17) is 31.8 Å². The number of fused-ring (bicyclic) bond motifs is 2. The molecular formula is C11H12ClNO3. The highest BCUT2D eigenvalue weighted by Crippen LogP contribution is 2.47. The second-order valence-electron chi connectivity index (χ2n) is 3.92. The minimum atomic E-state index is 0.338. The number of ether oxygens (including phenoxy) is 2. The normalized spacial score (nSPS) is 16.6. The number of benzene rings is 1. The minimum absolute atomic E-state index is 0.338. The summed E-state index contributed by atoms with van der Waals surface area (Å²) in [6, 6.07) is 0. The van der Waals surface area contributed by atoms with E-state index in [1.54, 1.807) is 0 Å². The zero-order chi connectivity index (χ0) is 11.1. The minimum Gasteiger partial charge on any atom is -0.493 e. The molecule has 0 atom stereocenters. The van der Waals surface area contributed by atoms with Crippen LogP contribution in [0.4, 0.5) is 0 Å². The fraction of sp³-hybridized carbons (Fsp3) is 0.455. The Labute approximate surface area is 98.2 Å².